The van der Waals surface area contributed by atoms with Gasteiger partial charge in [-0.1, -0.05) is 23.8 Å². The molecule has 0 aliphatic rings. The smallest absolute Gasteiger partial charge is 0.407 e. The van der Waals surface area contributed by atoms with E-state index >= 15 is 0 Å². The molecule has 27 heavy (non-hydrogen) atoms. The number of nitrogens with one attached hydrogen (secondary N) is 3. The number of allylic oxidation sites excluding steroid dienone is 1. The van der Waals surface area contributed by atoms with Crippen LogP contribution in [0.3, 0.4) is 0 Å². The van der Waals surface area contributed by atoms with Gasteiger partial charge in [0, 0.05) is 31.3 Å². The lowest BCUT2D eigenvalue weighted by atomic mass is 10.1. The first-order valence-corrected chi connectivity index (χ1v) is 8.84. The summed E-state index contributed by atoms with van der Waals surface area (Å²) in [6.45, 7) is 9.46. The van der Waals surface area contributed by atoms with Crippen molar-refractivity contribution in [3.05, 3.63) is 41.5 Å². The van der Waals surface area contributed by atoms with E-state index in [1.807, 2.05) is 32.0 Å². The van der Waals surface area contributed by atoms with Gasteiger partial charge >= 0.3 is 6.09 Å². The monoisotopic (exact) mass is 375 g/mol. The third-order valence-corrected chi connectivity index (χ3v) is 3.19. The Labute approximate surface area is 160 Å². The normalized spacial score (nSPS) is 10.6. The number of carbonyl (C=O) groups is 3. The van der Waals surface area contributed by atoms with Crippen molar-refractivity contribution in [3.8, 4) is 0 Å². The first kappa shape index (κ1) is 22.2. The zero-order valence-electron chi connectivity index (χ0n) is 16.6. The molecule has 7 nitrogen and oxygen atoms in total. The van der Waals surface area contributed by atoms with Crippen LogP contribution in [0.5, 0.6) is 0 Å². The minimum Gasteiger partial charge on any atom is -0.444 e. The fourth-order valence-corrected chi connectivity index (χ4v) is 2.10. The molecule has 0 aromatic heterocycles. The third kappa shape index (κ3) is 10.0. The van der Waals surface area contributed by atoms with Gasteiger partial charge in [0.1, 0.15) is 5.60 Å². The Bertz CT molecular complexity index is 701. The first-order valence-electron chi connectivity index (χ1n) is 8.84. The largest absolute Gasteiger partial charge is 0.444 e. The molecule has 0 radical (unpaired) electrons. The Morgan fingerprint density at radius 2 is 1.74 bits per heavy atom. The fourth-order valence-electron chi connectivity index (χ4n) is 2.10. The number of amides is 3. The van der Waals surface area contributed by atoms with Gasteiger partial charge in [-0.2, -0.15) is 0 Å². The molecule has 0 saturated carbocycles. The van der Waals surface area contributed by atoms with E-state index in [-0.39, 0.29) is 31.3 Å². The van der Waals surface area contributed by atoms with E-state index in [4.69, 9.17) is 4.74 Å². The van der Waals surface area contributed by atoms with Gasteiger partial charge in [-0.05, 0) is 46.2 Å². The van der Waals surface area contributed by atoms with Crippen molar-refractivity contribution < 1.29 is 19.1 Å². The van der Waals surface area contributed by atoms with Crippen molar-refractivity contribution in [1.82, 2.24) is 10.6 Å². The molecule has 7 heteroatoms. The van der Waals surface area contributed by atoms with Gasteiger partial charge in [-0.15, -0.1) is 0 Å². The summed E-state index contributed by atoms with van der Waals surface area (Å²) in [4.78, 5) is 35.4. The van der Waals surface area contributed by atoms with Crippen LogP contribution in [0.25, 0.3) is 0 Å². The molecule has 0 bridgehead atoms. The minimum atomic E-state index is -0.577. The fraction of sp³-hybridized carbons (Fsp3) is 0.450. The molecule has 0 heterocycles. The summed E-state index contributed by atoms with van der Waals surface area (Å²) in [6.07, 6.45) is 1.09. The van der Waals surface area contributed by atoms with Crippen molar-refractivity contribution in [2.75, 3.05) is 11.9 Å². The molecule has 1 aromatic carbocycles. The topological polar surface area (TPSA) is 96.5 Å². The Balaban J connectivity index is 2.47. The molecule has 3 N–H and O–H groups in total. The number of anilines is 1. The first-order chi connectivity index (χ1) is 12.6. The molecule has 0 aliphatic carbocycles. The van der Waals surface area contributed by atoms with Crippen LogP contribution >= 0.6 is 0 Å². The van der Waals surface area contributed by atoms with Gasteiger partial charge < -0.3 is 20.7 Å². The maximum Gasteiger partial charge on any atom is 0.407 e. The van der Waals surface area contributed by atoms with Gasteiger partial charge in [-0.3, -0.25) is 9.59 Å². The molecule has 1 rings (SSSR count). The predicted octanol–water partition coefficient (Wildman–Crippen LogP) is 3.12. The highest BCUT2D eigenvalue weighted by molar-refractivity contribution is 6.00. The van der Waals surface area contributed by atoms with Crippen molar-refractivity contribution in [2.24, 2.45) is 0 Å². The molecule has 148 valence electrons. The summed E-state index contributed by atoms with van der Waals surface area (Å²) < 4.78 is 5.10. The van der Waals surface area contributed by atoms with Gasteiger partial charge in [0.2, 0.25) is 11.8 Å². The van der Waals surface area contributed by atoms with Crippen LogP contribution in [0.15, 0.2) is 35.9 Å². The Hall–Kier alpha value is -2.83. The molecule has 0 unspecified atom stereocenters. The van der Waals surface area contributed by atoms with E-state index in [1.54, 1.807) is 26.8 Å². The second-order valence-electron chi connectivity index (χ2n) is 7.32. The average Bonchev–Trinajstić information content (AvgIpc) is 2.51. The SMILES string of the molecule is CC(C)=CC(=O)Nc1ccccc1CNC(=O)CCNC(=O)OC(C)(C)C. The molecular formula is C20H29N3O4. The lowest BCUT2D eigenvalue weighted by Crippen LogP contribution is -2.35. The van der Waals surface area contributed by atoms with Crippen LogP contribution in [-0.2, 0) is 20.9 Å². The Morgan fingerprint density at radius 3 is 2.37 bits per heavy atom. The molecule has 0 saturated heterocycles. The highest BCUT2D eigenvalue weighted by Crippen LogP contribution is 2.15. The lowest BCUT2D eigenvalue weighted by molar-refractivity contribution is -0.121. The summed E-state index contributed by atoms with van der Waals surface area (Å²) in [7, 11) is 0. The second-order valence-corrected chi connectivity index (χ2v) is 7.32. The molecule has 0 spiro atoms. The van der Waals surface area contributed by atoms with E-state index in [9.17, 15) is 14.4 Å². The van der Waals surface area contributed by atoms with Crippen molar-refractivity contribution in [3.63, 3.8) is 0 Å². The van der Waals surface area contributed by atoms with Gasteiger partial charge in [-0.25, -0.2) is 4.79 Å². The zero-order valence-corrected chi connectivity index (χ0v) is 16.6. The molecule has 0 fully saturated rings. The molecule has 3 amide bonds. The van der Waals surface area contributed by atoms with Crippen LogP contribution in [0.4, 0.5) is 10.5 Å². The van der Waals surface area contributed by atoms with Crippen molar-refractivity contribution in [1.29, 1.82) is 0 Å². The second kappa shape index (κ2) is 10.4. The van der Waals surface area contributed by atoms with E-state index in [0.717, 1.165) is 11.1 Å². The van der Waals surface area contributed by atoms with Crippen LogP contribution in [-0.4, -0.2) is 30.1 Å². The number of para-hydroxylation sites is 1. The Kier molecular flexibility index (Phi) is 8.51. The quantitative estimate of drug-likeness (QED) is 0.638. The van der Waals surface area contributed by atoms with Gasteiger partial charge in [0.05, 0.1) is 0 Å². The van der Waals surface area contributed by atoms with Gasteiger partial charge in [0.15, 0.2) is 0 Å². The number of hydrogen-bond donors (Lipinski definition) is 3. The van der Waals surface area contributed by atoms with Crippen molar-refractivity contribution >= 4 is 23.6 Å². The minimum absolute atomic E-state index is 0.130. The van der Waals surface area contributed by atoms with Gasteiger partial charge in [0.25, 0.3) is 0 Å². The molecule has 0 atom stereocenters. The summed E-state index contributed by atoms with van der Waals surface area (Å²) in [6, 6.07) is 7.26. The van der Waals surface area contributed by atoms with E-state index in [1.165, 1.54) is 6.08 Å². The number of carbonyl (C=O) groups excluding carboxylic acids is 3. The van der Waals surface area contributed by atoms with E-state index in [2.05, 4.69) is 16.0 Å². The number of alkyl carbamates (subject to hydrolysis) is 1. The lowest BCUT2D eigenvalue weighted by Gasteiger charge is -2.19. The van der Waals surface area contributed by atoms with Crippen LogP contribution in [0, 0.1) is 0 Å². The zero-order chi connectivity index (χ0) is 20.4. The number of rotatable bonds is 7. The number of benzene rings is 1. The highest BCUT2D eigenvalue weighted by Gasteiger charge is 2.16. The maximum atomic E-state index is 12.0. The average molecular weight is 375 g/mol. The summed E-state index contributed by atoms with van der Waals surface area (Å²) in [5, 5.41) is 8.12. The third-order valence-electron chi connectivity index (χ3n) is 3.19. The van der Waals surface area contributed by atoms with E-state index in [0.29, 0.717) is 5.69 Å². The summed E-state index contributed by atoms with van der Waals surface area (Å²) >= 11 is 0. The highest BCUT2D eigenvalue weighted by atomic mass is 16.6. The number of hydrogen-bond acceptors (Lipinski definition) is 4. The van der Waals surface area contributed by atoms with Crippen LogP contribution < -0.4 is 16.0 Å². The molecule has 1 aromatic rings. The van der Waals surface area contributed by atoms with Crippen LogP contribution in [0.2, 0.25) is 0 Å². The maximum absolute atomic E-state index is 12.0. The molecular weight excluding hydrogens is 346 g/mol. The van der Waals surface area contributed by atoms with Crippen molar-refractivity contribution in [2.45, 2.75) is 53.2 Å². The summed E-state index contributed by atoms with van der Waals surface area (Å²) in [5.74, 6) is -0.424. The molecule has 0 aliphatic heterocycles. The standard InChI is InChI=1S/C20H29N3O4/c1-14(2)12-18(25)23-16-9-7-6-8-15(16)13-22-17(24)10-11-21-19(26)27-20(3,4)5/h6-9,12H,10-11,13H2,1-5H3,(H,21,26)(H,22,24)(H,23,25). The Morgan fingerprint density at radius 1 is 1.07 bits per heavy atom. The summed E-state index contributed by atoms with van der Waals surface area (Å²) in [5.41, 5.74) is 1.76. The van der Waals surface area contributed by atoms with Crippen LogP contribution in [0.1, 0.15) is 46.6 Å². The van der Waals surface area contributed by atoms with E-state index < -0.39 is 11.7 Å². The predicted molar refractivity (Wildman–Crippen MR) is 105 cm³/mol. The number of ether oxygens (including phenoxy) is 1.